The standard InChI is InChI=1S/C23H31F/c1-3-5-6-7-8-9-11-20-14-17-22(23(24)18-20)21-15-12-19(10-4-2)13-16-21/h12-18H,3-11H2,1-2H3. The molecule has 0 unspecified atom stereocenters. The van der Waals surface area contributed by atoms with Gasteiger partial charge in [-0.15, -0.1) is 0 Å². The predicted octanol–water partition coefficient (Wildman–Crippen LogP) is 7.35. The van der Waals surface area contributed by atoms with Gasteiger partial charge in [-0.2, -0.15) is 0 Å². The molecule has 2 rings (SSSR count). The van der Waals surface area contributed by atoms with Crippen LogP contribution in [0.15, 0.2) is 42.5 Å². The van der Waals surface area contributed by atoms with Crippen LogP contribution in [0, 0.1) is 5.82 Å². The SMILES string of the molecule is CCCCCCCCc1ccc(-c2ccc(CCC)cc2)c(F)c1. The summed E-state index contributed by atoms with van der Waals surface area (Å²) in [4.78, 5) is 0. The fourth-order valence-corrected chi connectivity index (χ4v) is 3.20. The zero-order valence-corrected chi connectivity index (χ0v) is 15.3. The van der Waals surface area contributed by atoms with Crippen LogP contribution in [0.3, 0.4) is 0 Å². The molecule has 0 saturated heterocycles. The summed E-state index contributed by atoms with van der Waals surface area (Å²) >= 11 is 0. The molecule has 0 nitrogen and oxygen atoms in total. The fourth-order valence-electron chi connectivity index (χ4n) is 3.20. The lowest BCUT2D eigenvalue weighted by Crippen LogP contribution is -1.91. The first-order valence-corrected chi connectivity index (χ1v) is 9.62. The Morgan fingerprint density at radius 3 is 2.00 bits per heavy atom. The van der Waals surface area contributed by atoms with E-state index in [9.17, 15) is 4.39 Å². The molecule has 0 bridgehead atoms. The molecule has 24 heavy (non-hydrogen) atoms. The van der Waals surface area contributed by atoms with Gasteiger partial charge in [0.25, 0.3) is 0 Å². The molecule has 0 aliphatic rings. The molecule has 0 N–H and O–H groups in total. The second-order valence-corrected chi connectivity index (χ2v) is 6.78. The normalized spacial score (nSPS) is 11.0. The van der Waals surface area contributed by atoms with Gasteiger partial charge in [0, 0.05) is 5.56 Å². The van der Waals surface area contributed by atoms with Gasteiger partial charge in [0.2, 0.25) is 0 Å². The highest BCUT2D eigenvalue weighted by atomic mass is 19.1. The number of halogens is 1. The molecule has 0 saturated carbocycles. The van der Waals surface area contributed by atoms with Crippen LogP contribution in [-0.2, 0) is 12.8 Å². The van der Waals surface area contributed by atoms with E-state index in [0.717, 1.165) is 36.8 Å². The van der Waals surface area contributed by atoms with Gasteiger partial charge in [-0.1, -0.05) is 88.8 Å². The van der Waals surface area contributed by atoms with E-state index in [-0.39, 0.29) is 5.82 Å². The number of benzene rings is 2. The van der Waals surface area contributed by atoms with Crippen LogP contribution in [-0.4, -0.2) is 0 Å². The third kappa shape index (κ3) is 5.78. The molecule has 0 spiro atoms. The van der Waals surface area contributed by atoms with Crippen LogP contribution in [0.2, 0.25) is 0 Å². The van der Waals surface area contributed by atoms with Gasteiger partial charge in [0.1, 0.15) is 5.82 Å². The first kappa shape index (κ1) is 18.7. The molecule has 2 aromatic carbocycles. The quantitative estimate of drug-likeness (QED) is 0.400. The summed E-state index contributed by atoms with van der Waals surface area (Å²) < 4.78 is 14.5. The van der Waals surface area contributed by atoms with Gasteiger partial charge < -0.3 is 0 Å². The van der Waals surface area contributed by atoms with Gasteiger partial charge in [0.05, 0.1) is 0 Å². The minimum atomic E-state index is -0.0956. The van der Waals surface area contributed by atoms with Crippen molar-refractivity contribution in [2.45, 2.75) is 71.6 Å². The van der Waals surface area contributed by atoms with Crippen LogP contribution in [0.5, 0.6) is 0 Å². The van der Waals surface area contributed by atoms with E-state index >= 15 is 0 Å². The van der Waals surface area contributed by atoms with E-state index in [1.165, 1.54) is 37.7 Å². The maximum absolute atomic E-state index is 14.5. The topological polar surface area (TPSA) is 0 Å². The Morgan fingerprint density at radius 1 is 0.667 bits per heavy atom. The van der Waals surface area contributed by atoms with Gasteiger partial charge in [-0.3, -0.25) is 0 Å². The molecular formula is C23H31F. The van der Waals surface area contributed by atoms with Crippen molar-refractivity contribution in [3.05, 3.63) is 59.4 Å². The van der Waals surface area contributed by atoms with Crippen LogP contribution >= 0.6 is 0 Å². The molecular weight excluding hydrogens is 295 g/mol. The summed E-state index contributed by atoms with van der Waals surface area (Å²) in [6, 6.07) is 14.1. The van der Waals surface area contributed by atoms with E-state index in [2.05, 4.69) is 32.0 Å². The zero-order valence-electron chi connectivity index (χ0n) is 15.3. The second-order valence-electron chi connectivity index (χ2n) is 6.78. The largest absolute Gasteiger partial charge is 0.206 e. The Hall–Kier alpha value is -1.63. The average molecular weight is 326 g/mol. The van der Waals surface area contributed by atoms with Crippen LogP contribution in [0.4, 0.5) is 4.39 Å². The molecule has 0 heterocycles. The summed E-state index contributed by atoms with van der Waals surface area (Å²) in [6.07, 6.45) is 10.9. The molecule has 130 valence electrons. The second kappa shape index (κ2) is 10.3. The van der Waals surface area contributed by atoms with E-state index in [4.69, 9.17) is 0 Å². The van der Waals surface area contributed by atoms with Gasteiger partial charge in [-0.05, 0) is 42.0 Å². The zero-order chi connectivity index (χ0) is 17.2. The van der Waals surface area contributed by atoms with Crippen LogP contribution < -0.4 is 0 Å². The number of aryl methyl sites for hydroxylation is 2. The third-order valence-corrected chi connectivity index (χ3v) is 4.66. The van der Waals surface area contributed by atoms with Gasteiger partial charge in [-0.25, -0.2) is 4.39 Å². The van der Waals surface area contributed by atoms with Crippen molar-refractivity contribution in [2.24, 2.45) is 0 Å². The molecule has 0 atom stereocenters. The fraction of sp³-hybridized carbons (Fsp3) is 0.478. The molecule has 0 aliphatic heterocycles. The lowest BCUT2D eigenvalue weighted by atomic mass is 9.98. The Bertz CT molecular complexity index is 598. The molecule has 0 aromatic heterocycles. The van der Waals surface area contributed by atoms with Crippen molar-refractivity contribution in [1.29, 1.82) is 0 Å². The summed E-state index contributed by atoms with van der Waals surface area (Å²) in [6.45, 7) is 4.41. The van der Waals surface area contributed by atoms with Crippen molar-refractivity contribution >= 4 is 0 Å². The maximum atomic E-state index is 14.5. The van der Waals surface area contributed by atoms with Crippen molar-refractivity contribution in [3.8, 4) is 11.1 Å². The van der Waals surface area contributed by atoms with E-state index in [0.29, 0.717) is 5.56 Å². The number of rotatable bonds is 10. The molecule has 0 aliphatic carbocycles. The van der Waals surface area contributed by atoms with Gasteiger partial charge >= 0.3 is 0 Å². The number of hydrogen-bond donors (Lipinski definition) is 0. The van der Waals surface area contributed by atoms with E-state index in [1.54, 1.807) is 6.07 Å². The monoisotopic (exact) mass is 326 g/mol. The highest BCUT2D eigenvalue weighted by Crippen LogP contribution is 2.25. The van der Waals surface area contributed by atoms with Crippen molar-refractivity contribution in [3.63, 3.8) is 0 Å². The lowest BCUT2D eigenvalue weighted by molar-refractivity contribution is 0.603. The summed E-state index contributed by atoms with van der Waals surface area (Å²) in [7, 11) is 0. The summed E-state index contributed by atoms with van der Waals surface area (Å²) in [5, 5.41) is 0. The third-order valence-electron chi connectivity index (χ3n) is 4.66. The van der Waals surface area contributed by atoms with Crippen molar-refractivity contribution in [1.82, 2.24) is 0 Å². The number of hydrogen-bond acceptors (Lipinski definition) is 0. The Labute approximate surface area is 147 Å². The Morgan fingerprint density at radius 2 is 1.33 bits per heavy atom. The average Bonchev–Trinajstić information content (AvgIpc) is 2.59. The van der Waals surface area contributed by atoms with Crippen LogP contribution in [0.25, 0.3) is 11.1 Å². The molecule has 1 heteroatoms. The lowest BCUT2D eigenvalue weighted by Gasteiger charge is -2.08. The molecule has 0 amide bonds. The highest BCUT2D eigenvalue weighted by Gasteiger charge is 2.06. The predicted molar refractivity (Wildman–Crippen MR) is 103 cm³/mol. The summed E-state index contributed by atoms with van der Waals surface area (Å²) in [5.74, 6) is -0.0956. The molecule has 0 radical (unpaired) electrons. The Kier molecular flexibility index (Phi) is 8.01. The van der Waals surface area contributed by atoms with E-state index in [1.807, 2.05) is 18.2 Å². The highest BCUT2D eigenvalue weighted by molar-refractivity contribution is 5.64. The van der Waals surface area contributed by atoms with Crippen LogP contribution in [0.1, 0.15) is 69.9 Å². The van der Waals surface area contributed by atoms with E-state index < -0.39 is 0 Å². The minimum absolute atomic E-state index is 0.0956. The van der Waals surface area contributed by atoms with Gasteiger partial charge in [0.15, 0.2) is 0 Å². The minimum Gasteiger partial charge on any atom is -0.206 e. The smallest absolute Gasteiger partial charge is 0.131 e. The first-order valence-electron chi connectivity index (χ1n) is 9.62. The molecule has 2 aromatic rings. The number of unbranched alkanes of at least 4 members (excludes halogenated alkanes) is 5. The summed E-state index contributed by atoms with van der Waals surface area (Å²) in [5.41, 5.74) is 4.12. The van der Waals surface area contributed by atoms with Crippen molar-refractivity contribution in [2.75, 3.05) is 0 Å². The Balaban J connectivity index is 1.91. The van der Waals surface area contributed by atoms with Crippen molar-refractivity contribution < 1.29 is 4.39 Å². The molecule has 0 fully saturated rings. The maximum Gasteiger partial charge on any atom is 0.131 e. The first-order chi connectivity index (χ1) is 11.7.